The van der Waals surface area contributed by atoms with Gasteiger partial charge in [-0.3, -0.25) is 4.79 Å². The van der Waals surface area contributed by atoms with Crippen molar-refractivity contribution in [3.63, 3.8) is 0 Å². The Morgan fingerprint density at radius 2 is 1.78 bits per heavy atom. The summed E-state index contributed by atoms with van der Waals surface area (Å²) in [4.78, 5) is 11.7. The van der Waals surface area contributed by atoms with Crippen LogP contribution in [0.15, 0.2) is 48.5 Å². The van der Waals surface area contributed by atoms with Crippen molar-refractivity contribution in [3.05, 3.63) is 65.2 Å². The molecule has 2 N–H and O–H groups in total. The molecule has 2 rings (SSSR count). The molecule has 0 aliphatic carbocycles. The van der Waals surface area contributed by atoms with E-state index < -0.39 is 5.91 Å². The molecule has 4 heteroatoms. The maximum absolute atomic E-state index is 11.7. The van der Waals surface area contributed by atoms with Gasteiger partial charge in [0.25, 0.3) is 5.91 Å². The SMILES string of the molecule is NC(=O)c1cc(CCCCCCl)ccc1OCc1ccccc1. The summed E-state index contributed by atoms with van der Waals surface area (Å²) in [5, 5.41) is 0. The summed E-state index contributed by atoms with van der Waals surface area (Å²) >= 11 is 5.68. The van der Waals surface area contributed by atoms with Crippen molar-refractivity contribution in [2.24, 2.45) is 5.73 Å². The normalized spacial score (nSPS) is 10.5. The number of benzene rings is 2. The van der Waals surface area contributed by atoms with E-state index in [9.17, 15) is 4.79 Å². The number of aryl methyl sites for hydroxylation is 1. The van der Waals surface area contributed by atoms with Gasteiger partial charge < -0.3 is 10.5 Å². The number of primary amides is 1. The summed E-state index contributed by atoms with van der Waals surface area (Å²) in [5.74, 6) is 0.764. The van der Waals surface area contributed by atoms with Crippen molar-refractivity contribution in [1.29, 1.82) is 0 Å². The maximum atomic E-state index is 11.7. The van der Waals surface area contributed by atoms with Gasteiger partial charge in [-0.25, -0.2) is 0 Å². The summed E-state index contributed by atoms with van der Waals surface area (Å²) in [5.41, 5.74) is 8.08. The van der Waals surface area contributed by atoms with E-state index in [2.05, 4.69) is 0 Å². The van der Waals surface area contributed by atoms with Crippen LogP contribution in [0.2, 0.25) is 0 Å². The molecule has 0 unspecified atom stereocenters. The summed E-state index contributed by atoms with van der Waals surface area (Å²) in [6.07, 6.45) is 4.06. The third-order valence-corrected chi connectivity index (χ3v) is 3.91. The number of rotatable bonds is 9. The van der Waals surface area contributed by atoms with Crippen LogP contribution in [0.3, 0.4) is 0 Å². The van der Waals surface area contributed by atoms with Gasteiger partial charge in [0, 0.05) is 5.88 Å². The molecule has 2 aromatic rings. The van der Waals surface area contributed by atoms with Crippen molar-refractivity contribution >= 4 is 17.5 Å². The van der Waals surface area contributed by atoms with Crippen molar-refractivity contribution < 1.29 is 9.53 Å². The number of halogens is 1. The number of hydrogen-bond donors (Lipinski definition) is 1. The molecular formula is C19H22ClNO2. The first-order chi connectivity index (χ1) is 11.2. The van der Waals surface area contributed by atoms with Gasteiger partial charge in [-0.2, -0.15) is 0 Å². The second kappa shape index (κ2) is 9.21. The fraction of sp³-hybridized carbons (Fsp3) is 0.316. The average Bonchev–Trinajstić information content (AvgIpc) is 2.58. The van der Waals surface area contributed by atoms with Crippen molar-refractivity contribution in [1.82, 2.24) is 0 Å². The maximum Gasteiger partial charge on any atom is 0.252 e. The number of carbonyl (C=O) groups excluding carboxylic acids is 1. The van der Waals surface area contributed by atoms with Crippen LogP contribution in [0.5, 0.6) is 5.75 Å². The van der Waals surface area contributed by atoms with Crippen LogP contribution < -0.4 is 10.5 Å². The molecule has 0 atom stereocenters. The molecule has 0 saturated carbocycles. The van der Waals surface area contributed by atoms with Crippen molar-refractivity contribution in [3.8, 4) is 5.75 Å². The lowest BCUT2D eigenvalue weighted by Gasteiger charge is -2.11. The fourth-order valence-corrected chi connectivity index (χ4v) is 2.58. The first-order valence-corrected chi connectivity index (χ1v) is 8.39. The van der Waals surface area contributed by atoms with Gasteiger partial charge in [0.2, 0.25) is 0 Å². The van der Waals surface area contributed by atoms with Crippen LogP contribution in [0.1, 0.15) is 40.7 Å². The quantitative estimate of drug-likeness (QED) is 0.549. The number of hydrogen-bond acceptors (Lipinski definition) is 2. The second-order valence-corrected chi connectivity index (χ2v) is 5.85. The van der Waals surface area contributed by atoms with E-state index in [1.54, 1.807) is 0 Å². The zero-order valence-electron chi connectivity index (χ0n) is 13.1. The molecule has 3 nitrogen and oxygen atoms in total. The Balaban J connectivity index is 2.02. The van der Waals surface area contributed by atoms with Gasteiger partial charge in [0.15, 0.2) is 0 Å². The topological polar surface area (TPSA) is 52.3 Å². The summed E-state index contributed by atoms with van der Waals surface area (Å²) in [7, 11) is 0. The number of unbranched alkanes of at least 4 members (excludes halogenated alkanes) is 2. The average molecular weight is 332 g/mol. The van der Waals surface area contributed by atoms with Crippen LogP contribution in [0.25, 0.3) is 0 Å². The van der Waals surface area contributed by atoms with Crippen LogP contribution in [-0.2, 0) is 13.0 Å². The van der Waals surface area contributed by atoms with Crippen molar-refractivity contribution in [2.75, 3.05) is 5.88 Å². The van der Waals surface area contributed by atoms with E-state index in [1.807, 2.05) is 48.5 Å². The summed E-state index contributed by atoms with van der Waals surface area (Å²) < 4.78 is 5.76. The predicted octanol–water partition coefficient (Wildman–Crippen LogP) is 4.32. The lowest BCUT2D eigenvalue weighted by Crippen LogP contribution is -2.13. The van der Waals surface area contributed by atoms with E-state index in [-0.39, 0.29) is 0 Å². The van der Waals surface area contributed by atoms with Gasteiger partial charge in [0.05, 0.1) is 5.56 Å². The molecule has 0 bridgehead atoms. The molecular weight excluding hydrogens is 310 g/mol. The van der Waals surface area contributed by atoms with E-state index in [4.69, 9.17) is 22.1 Å². The minimum absolute atomic E-state index is 0.413. The highest BCUT2D eigenvalue weighted by Crippen LogP contribution is 2.22. The van der Waals surface area contributed by atoms with Gasteiger partial charge in [0.1, 0.15) is 12.4 Å². The molecule has 1 amide bonds. The lowest BCUT2D eigenvalue weighted by atomic mass is 10.0. The van der Waals surface area contributed by atoms with Gasteiger partial charge in [-0.05, 0) is 42.5 Å². The van der Waals surface area contributed by atoms with Crippen LogP contribution in [0.4, 0.5) is 0 Å². The molecule has 23 heavy (non-hydrogen) atoms. The molecule has 0 aromatic heterocycles. The summed E-state index contributed by atoms with van der Waals surface area (Å²) in [6, 6.07) is 15.5. The summed E-state index contributed by atoms with van der Waals surface area (Å²) in [6.45, 7) is 0.413. The second-order valence-electron chi connectivity index (χ2n) is 5.47. The Hall–Kier alpha value is -2.00. The first kappa shape index (κ1) is 17.4. The van der Waals surface area contributed by atoms with Gasteiger partial charge >= 0.3 is 0 Å². The van der Waals surface area contributed by atoms with Crippen molar-refractivity contribution in [2.45, 2.75) is 32.3 Å². The fourth-order valence-electron chi connectivity index (χ4n) is 2.39. The number of carbonyl (C=O) groups is 1. The van der Waals surface area contributed by atoms with Gasteiger partial charge in [-0.1, -0.05) is 42.8 Å². The molecule has 0 heterocycles. The Labute approximate surface area is 142 Å². The molecule has 0 radical (unpaired) electrons. The minimum atomic E-state index is -0.462. The standard InChI is InChI=1S/C19H22ClNO2/c20-12-6-2-5-7-15-10-11-18(17(13-15)19(21)22)23-14-16-8-3-1-4-9-16/h1,3-4,8-11,13H,2,5-7,12,14H2,(H2,21,22). The number of ether oxygens (including phenoxy) is 1. The van der Waals surface area contributed by atoms with Gasteiger partial charge in [-0.15, -0.1) is 11.6 Å². The zero-order valence-corrected chi connectivity index (χ0v) is 13.9. The van der Waals surface area contributed by atoms with E-state index in [1.165, 1.54) is 0 Å². The minimum Gasteiger partial charge on any atom is -0.488 e. The molecule has 122 valence electrons. The molecule has 0 fully saturated rings. The largest absolute Gasteiger partial charge is 0.488 e. The monoisotopic (exact) mass is 331 g/mol. The van der Waals surface area contributed by atoms with Crippen LogP contribution >= 0.6 is 11.6 Å². The third-order valence-electron chi connectivity index (χ3n) is 3.65. The Morgan fingerprint density at radius 1 is 1.00 bits per heavy atom. The molecule has 0 aliphatic rings. The highest BCUT2D eigenvalue weighted by atomic mass is 35.5. The Kier molecular flexibility index (Phi) is 6.95. The lowest BCUT2D eigenvalue weighted by molar-refractivity contribution is 0.0996. The highest BCUT2D eigenvalue weighted by molar-refractivity contribution is 6.17. The smallest absolute Gasteiger partial charge is 0.252 e. The number of alkyl halides is 1. The van der Waals surface area contributed by atoms with Crippen LogP contribution in [-0.4, -0.2) is 11.8 Å². The molecule has 0 saturated heterocycles. The van der Waals surface area contributed by atoms with E-state index in [0.29, 0.717) is 23.8 Å². The Bertz CT molecular complexity index is 629. The van der Waals surface area contributed by atoms with E-state index in [0.717, 1.165) is 36.8 Å². The third kappa shape index (κ3) is 5.61. The van der Waals surface area contributed by atoms with Crippen LogP contribution in [0, 0.1) is 0 Å². The van der Waals surface area contributed by atoms with E-state index >= 15 is 0 Å². The number of amides is 1. The zero-order chi connectivity index (χ0) is 16.5. The molecule has 0 aliphatic heterocycles. The number of nitrogens with two attached hydrogens (primary N) is 1. The molecule has 2 aromatic carbocycles. The highest BCUT2D eigenvalue weighted by Gasteiger charge is 2.11. The Morgan fingerprint density at radius 3 is 2.48 bits per heavy atom. The predicted molar refractivity (Wildman–Crippen MR) is 94.0 cm³/mol. The molecule has 0 spiro atoms. The first-order valence-electron chi connectivity index (χ1n) is 7.86.